The van der Waals surface area contributed by atoms with Crippen LogP contribution in [0.1, 0.15) is 24.1 Å². The van der Waals surface area contributed by atoms with Crippen LogP contribution in [0.15, 0.2) is 15.9 Å². The number of nitrogens with one attached hydrogen (secondary N) is 1. The molecule has 0 aliphatic carbocycles. The molecule has 1 N–H and O–H groups in total. The number of piperidine rings is 1. The van der Waals surface area contributed by atoms with Gasteiger partial charge in [-0.05, 0) is 47.4 Å². The predicted octanol–water partition coefficient (Wildman–Crippen LogP) is 2.30. The van der Waals surface area contributed by atoms with Gasteiger partial charge >= 0.3 is 0 Å². The smallest absolute Gasteiger partial charge is 0.239 e. The van der Waals surface area contributed by atoms with Crippen molar-refractivity contribution in [2.24, 2.45) is 0 Å². The Labute approximate surface area is 138 Å². The number of carbonyl (C=O) groups is 1. The summed E-state index contributed by atoms with van der Waals surface area (Å²) >= 11 is 5.31. The van der Waals surface area contributed by atoms with Crippen LogP contribution in [-0.2, 0) is 11.3 Å². The third kappa shape index (κ3) is 4.06. The third-order valence-corrected chi connectivity index (χ3v) is 5.91. The van der Waals surface area contributed by atoms with Crippen LogP contribution < -0.4 is 5.32 Å². The zero-order valence-electron chi connectivity index (χ0n) is 12.2. The highest BCUT2D eigenvalue weighted by molar-refractivity contribution is 9.11. The van der Waals surface area contributed by atoms with Gasteiger partial charge in [-0.2, -0.15) is 0 Å². The van der Waals surface area contributed by atoms with Gasteiger partial charge in [-0.3, -0.25) is 9.69 Å². The van der Waals surface area contributed by atoms with Crippen LogP contribution in [-0.4, -0.2) is 54.5 Å². The fourth-order valence-electron chi connectivity index (χ4n) is 3.07. The minimum atomic E-state index is 0.0681. The van der Waals surface area contributed by atoms with Crippen molar-refractivity contribution in [3.63, 3.8) is 0 Å². The van der Waals surface area contributed by atoms with E-state index in [0.717, 1.165) is 45.7 Å². The number of piperazine rings is 1. The summed E-state index contributed by atoms with van der Waals surface area (Å²) < 4.78 is 1.19. The largest absolute Gasteiger partial charge is 0.339 e. The molecule has 2 fully saturated rings. The normalized spacial score (nSPS) is 24.2. The number of thiophene rings is 1. The molecular formula is C15H22BrN3OS. The Hall–Kier alpha value is -0.430. The maximum atomic E-state index is 12.5. The van der Waals surface area contributed by atoms with Gasteiger partial charge in [-0.25, -0.2) is 0 Å². The second kappa shape index (κ2) is 7.22. The van der Waals surface area contributed by atoms with Gasteiger partial charge in [0.05, 0.1) is 9.83 Å². The van der Waals surface area contributed by atoms with E-state index in [4.69, 9.17) is 0 Å². The van der Waals surface area contributed by atoms with Crippen molar-refractivity contribution < 1.29 is 4.79 Å². The van der Waals surface area contributed by atoms with Gasteiger partial charge < -0.3 is 10.2 Å². The van der Waals surface area contributed by atoms with E-state index >= 15 is 0 Å². The number of rotatable bonds is 3. The summed E-state index contributed by atoms with van der Waals surface area (Å²) in [7, 11) is 0. The second-order valence-corrected chi connectivity index (χ2v) is 8.36. The van der Waals surface area contributed by atoms with Crippen LogP contribution in [0.3, 0.4) is 0 Å². The molecule has 2 aliphatic rings. The number of carbonyl (C=O) groups excluding carboxylic acids is 1. The van der Waals surface area contributed by atoms with Crippen molar-refractivity contribution >= 4 is 33.2 Å². The summed E-state index contributed by atoms with van der Waals surface area (Å²) in [4.78, 5) is 18.3. The zero-order valence-corrected chi connectivity index (χ0v) is 14.6. The first-order valence-electron chi connectivity index (χ1n) is 7.71. The molecule has 0 radical (unpaired) electrons. The summed E-state index contributed by atoms with van der Waals surface area (Å²) in [5.41, 5.74) is 0. The van der Waals surface area contributed by atoms with Gasteiger partial charge in [0, 0.05) is 37.6 Å². The van der Waals surface area contributed by atoms with Crippen LogP contribution in [0, 0.1) is 0 Å². The van der Waals surface area contributed by atoms with Crippen molar-refractivity contribution in [2.75, 3.05) is 32.7 Å². The van der Waals surface area contributed by atoms with Crippen molar-refractivity contribution in [1.82, 2.24) is 15.1 Å². The third-order valence-electron chi connectivity index (χ3n) is 4.30. The molecule has 0 bridgehead atoms. The van der Waals surface area contributed by atoms with Crippen LogP contribution in [0.2, 0.25) is 0 Å². The SMILES string of the molecule is O=C(C1CCCCN1)N1CCN(Cc2ccc(Br)s2)CC1. The van der Waals surface area contributed by atoms with E-state index in [0.29, 0.717) is 5.91 Å². The first-order valence-corrected chi connectivity index (χ1v) is 9.32. The van der Waals surface area contributed by atoms with Crippen LogP contribution in [0.5, 0.6) is 0 Å². The van der Waals surface area contributed by atoms with Gasteiger partial charge in [0.1, 0.15) is 0 Å². The zero-order chi connectivity index (χ0) is 14.7. The lowest BCUT2D eigenvalue weighted by molar-refractivity contribution is -0.135. The van der Waals surface area contributed by atoms with Crippen molar-refractivity contribution in [3.8, 4) is 0 Å². The standard InChI is InChI=1S/C15H22BrN3OS/c16-14-5-4-12(21-14)11-18-7-9-19(10-8-18)15(20)13-3-1-2-6-17-13/h4-5,13,17H,1-3,6-11H2. The summed E-state index contributed by atoms with van der Waals surface area (Å²) in [5.74, 6) is 0.313. The number of hydrogen-bond donors (Lipinski definition) is 1. The molecule has 3 heterocycles. The lowest BCUT2D eigenvalue weighted by Crippen LogP contribution is -2.54. The van der Waals surface area contributed by atoms with Gasteiger partial charge in [-0.1, -0.05) is 6.42 Å². The molecule has 1 atom stereocenters. The van der Waals surface area contributed by atoms with Crippen LogP contribution >= 0.6 is 27.3 Å². The fourth-order valence-corrected chi connectivity index (χ4v) is 4.59. The maximum absolute atomic E-state index is 12.5. The van der Waals surface area contributed by atoms with Gasteiger partial charge in [0.2, 0.25) is 5.91 Å². The Morgan fingerprint density at radius 3 is 2.71 bits per heavy atom. The van der Waals surface area contributed by atoms with Crippen molar-refractivity contribution in [1.29, 1.82) is 0 Å². The Morgan fingerprint density at radius 1 is 1.29 bits per heavy atom. The minimum Gasteiger partial charge on any atom is -0.339 e. The Morgan fingerprint density at radius 2 is 2.10 bits per heavy atom. The lowest BCUT2D eigenvalue weighted by atomic mass is 10.0. The van der Waals surface area contributed by atoms with Crippen molar-refractivity contribution in [3.05, 3.63) is 20.8 Å². The molecule has 1 unspecified atom stereocenters. The number of amides is 1. The highest BCUT2D eigenvalue weighted by Gasteiger charge is 2.28. The highest BCUT2D eigenvalue weighted by atomic mass is 79.9. The summed E-state index contributed by atoms with van der Waals surface area (Å²) in [6.07, 6.45) is 3.38. The monoisotopic (exact) mass is 371 g/mol. The molecule has 0 aromatic carbocycles. The quantitative estimate of drug-likeness (QED) is 0.885. The first kappa shape index (κ1) is 15.5. The Kier molecular flexibility index (Phi) is 5.32. The average Bonchev–Trinajstić information content (AvgIpc) is 2.93. The number of hydrogen-bond acceptors (Lipinski definition) is 4. The Bertz CT molecular complexity index is 479. The first-order chi connectivity index (χ1) is 10.2. The molecule has 1 aromatic rings. The lowest BCUT2D eigenvalue weighted by Gasteiger charge is -2.37. The Balaban J connectivity index is 1.47. The summed E-state index contributed by atoms with van der Waals surface area (Å²) in [6, 6.07) is 4.35. The molecular weight excluding hydrogens is 350 g/mol. The van der Waals surface area contributed by atoms with Gasteiger partial charge in [0.25, 0.3) is 0 Å². The van der Waals surface area contributed by atoms with Crippen molar-refractivity contribution in [2.45, 2.75) is 31.8 Å². The molecule has 116 valence electrons. The van der Waals surface area contributed by atoms with Gasteiger partial charge in [0.15, 0.2) is 0 Å². The van der Waals surface area contributed by atoms with E-state index in [1.807, 2.05) is 4.90 Å². The van der Waals surface area contributed by atoms with E-state index in [-0.39, 0.29) is 6.04 Å². The van der Waals surface area contributed by atoms with E-state index in [2.05, 4.69) is 38.3 Å². The number of halogens is 1. The maximum Gasteiger partial charge on any atom is 0.239 e. The molecule has 0 spiro atoms. The molecule has 0 saturated carbocycles. The fraction of sp³-hybridized carbons (Fsp3) is 0.667. The van der Waals surface area contributed by atoms with Crippen LogP contribution in [0.25, 0.3) is 0 Å². The minimum absolute atomic E-state index is 0.0681. The molecule has 2 aliphatic heterocycles. The predicted molar refractivity (Wildman–Crippen MR) is 89.5 cm³/mol. The summed E-state index contributed by atoms with van der Waals surface area (Å²) in [5, 5.41) is 3.36. The topological polar surface area (TPSA) is 35.6 Å². The molecule has 1 amide bonds. The molecule has 21 heavy (non-hydrogen) atoms. The molecule has 4 nitrogen and oxygen atoms in total. The van der Waals surface area contributed by atoms with E-state index in [1.54, 1.807) is 11.3 Å². The average molecular weight is 372 g/mol. The summed E-state index contributed by atoms with van der Waals surface area (Å²) in [6.45, 7) is 5.68. The van der Waals surface area contributed by atoms with E-state index in [1.165, 1.54) is 21.5 Å². The second-order valence-electron chi connectivity index (χ2n) is 5.81. The van der Waals surface area contributed by atoms with E-state index < -0.39 is 0 Å². The molecule has 3 rings (SSSR count). The van der Waals surface area contributed by atoms with Gasteiger partial charge in [-0.15, -0.1) is 11.3 Å². The van der Waals surface area contributed by atoms with Crippen LogP contribution in [0.4, 0.5) is 0 Å². The van der Waals surface area contributed by atoms with E-state index in [9.17, 15) is 4.79 Å². The molecule has 2 saturated heterocycles. The highest BCUT2D eigenvalue weighted by Crippen LogP contribution is 2.23. The number of nitrogens with zero attached hydrogens (tertiary/aromatic N) is 2. The molecule has 1 aromatic heterocycles. The molecule has 6 heteroatoms.